The smallest absolute Gasteiger partial charge is 0.303 e. The van der Waals surface area contributed by atoms with E-state index in [4.69, 9.17) is 0 Å². The number of aliphatic hydroxyl groups is 1. The molecule has 0 radical (unpaired) electrons. The molecule has 5 aliphatic carbocycles. The van der Waals surface area contributed by atoms with Crippen LogP contribution in [0.25, 0.3) is 0 Å². The summed E-state index contributed by atoms with van der Waals surface area (Å²) in [5.41, 5.74) is 0.733. The van der Waals surface area contributed by atoms with Gasteiger partial charge in [0.2, 0.25) is 0 Å². The number of aliphatic hydroxyl groups excluding tert-OH is 1. The van der Waals surface area contributed by atoms with E-state index in [1.54, 1.807) is 0 Å². The van der Waals surface area contributed by atoms with Crippen molar-refractivity contribution in [3.05, 3.63) is 11.6 Å². The summed E-state index contributed by atoms with van der Waals surface area (Å²) in [6.07, 6.45) is 10.6. The molecule has 4 nitrogen and oxygen atoms in total. The number of carboxylic acid groups (broad SMARTS) is 1. The van der Waals surface area contributed by atoms with Crippen molar-refractivity contribution in [1.82, 2.24) is 0 Å². The molecule has 0 spiro atoms. The van der Waals surface area contributed by atoms with Crippen LogP contribution in [0, 0.1) is 50.2 Å². The van der Waals surface area contributed by atoms with Gasteiger partial charge >= 0.3 is 5.97 Å². The molecule has 0 aromatic heterocycles. The monoisotopic (exact) mass is 484 g/mol. The highest BCUT2D eigenvalue weighted by atomic mass is 16.4. The highest BCUT2D eigenvalue weighted by molar-refractivity contribution is 5.95. The van der Waals surface area contributed by atoms with Crippen LogP contribution in [-0.4, -0.2) is 28.1 Å². The summed E-state index contributed by atoms with van der Waals surface area (Å²) in [6, 6.07) is 0. The van der Waals surface area contributed by atoms with Gasteiger partial charge in [-0.05, 0) is 108 Å². The van der Waals surface area contributed by atoms with E-state index in [0.717, 1.165) is 57.8 Å². The summed E-state index contributed by atoms with van der Waals surface area (Å²) in [7, 11) is 0. The maximum Gasteiger partial charge on any atom is 0.303 e. The van der Waals surface area contributed by atoms with Gasteiger partial charge in [-0.15, -0.1) is 0 Å². The van der Waals surface area contributed by atoms with Crippen molar-refractivity contribution >= 4 is 11.8 Å². The lowest BCUT2D eigenvalue weighted by molar-refractivity contribution is -0.203. The highest BCUT2D eigenvalue weighted by Gasteiger charge is 2.70. The Hall–Kier alpha value is -1.16. The topological polar surface area (TPSA) is 74.6 Å². The number of rotatable bonds is 2. The number of carboxylic acids is 1. The third-order valence-electron chi connectivity index (χ3n) is 13.0. The Morgan fingerprint density at radius 2 is 1.60 bits per heavy atom. The van der Waals surface area contributed by atoms with E-state index in [-0.39, 0.29) is 62.6 Å². The normalized spacial score (nSPS) is 50.2. The molecule has 35 heavy (non-hydrogen) atoms. The Labute approximate surface area is 212 Å². The molecule has 4 heteroatoms. The molecule has 0 bridgehead atoms. The van der Waals surface area contributed by atoms with Crippen molar-refractivity contribution in [1.29, 1.82) is 0 Å². The second-order valence-corrected chi connectivity index (χ2v) is 15.5. The lowest BCUT2D eigenvalue weighted by atomic mass is 9.33. The lowest BCUT2D eigenvalue weighted by Crippen LogP contribution is -2.66. The van der Waals surface area contributed by atoms with E-state index in [1.807, 2.05) is 6.08 Å². The molecule has 0 unspecified atom stereocenters. The van der Waals surface area contributed by atoms with Crippen molar-refractivity contribution in [3.8, 4) is 0 Å². The number of fused-ring (bicyclic) bond motifs is 7. The lowest BCUT2D eigenvalue weighted by Gasteiger charge is -2.70. The molecule has 5 aliphatic rings. The average molecular weight is 485 g/mol. The molecule has 0 aliphatic heterocycles. The number of carbonyl (C=O) groups excluding carboxylic acids is 1. The second-order valence-electron chi connectivity index (χ2n) is 15.5. The minimum Gasteiger partial charge on any atom is -0.481 e. The molecular formula is C31H48O4. The molecule has 196 valence electrons. The van der Waals surface area contributed by atoms with Gasteiger partial charge in [-0.25, -0.2) is 0 Å². The fraction of sp³-hybridized carbons (Fsp3) is 0.871. The quantitative estimate of drug-likeness (QED) is 0.452. The van der Waals surface area contributed by atoms with Crippen LogP contribution in [0.1, 0.15) is 113 Å². The fourth-order valence-corrected chi connectivity index (χ4v) is 10.8. The molecule has 2 N–H and O–H groups in total. The van der Waals surface area contributed by atoms with Gasteiger partial charge in [0, 0.05) is 5.92 Å². The van der Waals surface area contributed by atoms with E-state index in [0.29, 0.717) is 5.92 Å². The molecule has 8 atom stereocenters. The van der Waals surface area contributed by atoms with E-state index >= 15 is 0 Å². The highest BCUT2D eigenvalue weighted by Crippen LogP contribution is 2.75. The number of aliphatic carboxylic acids is 1. The molecule has 0 saturated heterocycles. The van der Waals surface area contributed by atoms with Crippen LogP contribution in [0.4, 0.5) is 0 Å². The van der Waals surface area contributed by atoms with E-state index in [9.17, 15) is 19.8 Å². The fourth-order valence-electron chi connectivity index (χ4n) is 10.8. The van der Waals surface area contributed by atoms with Gasteiger partial charge in [0.05, 0.1) is 12.5 Å². The zero-order valence-electron chi connectivity index (χ0n) is 23.2. The first-order chi connectivity index (χ1) is 16.0. The average Bonchev–Trinajstić information content (AvgIpc) is 2.73. The number of allylic oxidation sites excluding steroid dienone is 2. The first kappa shape index (κ1) is 25.5. The molecule has 0 aromatic carbocycles. The van der Waals surface area contributed by atoms with Gasteiger partial charge in [-0.3, -0.25) is 9.59 Å². The number of ketones is 1. The minimum atomic E-state index is -0.693. The SMILES string of the molecule is CC1(C)CC[C@]2(CC(=O)O)CC[C@]3(C)C(=CC(=O)[C@@H]4[C@@]5(C)CC[C@H](O)C(C)(C)[C@@H]5CC[C@]43C)[C@@H]2C1. The van der Waals surface area contributed by atoms with Crippen molar-refractivity contribution in [2.24, 2.45) is 50.2 Å². The zero-order valence-corrected chi connectivity index (χ0v) is 23.2. The summed E-state index contributed by atoms with van der Waals surface area (Å²) >= 11 is 0. The van der Waals surface area contributed by atoms with Crippen molar-refractivity contribution < 1.29 is 19.8 Å². The minimum absolute atomic E-state index is 0.0298. The van der Waals surface area contributed by atoms with Gasteiger partial charge in [0.1, 0.15) is 0 Å². The van der Waals surface area contributed by atoms with Crippen molar-refractivity contribution in [2.75, 3.05) is 0 Å². The predicted octanol–water partition coefficient (Wildman–Crippen LogP) is 6.80. The van der Waals surface area contributed by atoms with Crippen LogP contribution in [0.5, 0.6) is 0 Å². The number of hydrogen-bond donors (Lipinski definition) is 2. The summed E-state index contributed by atoms with van der Waals surface area (Å²) in [5, 5.41) is 20.8. The molecular weight excluding hydrogens is 436 g/mol. The summed E-state index contributed by atoms with van der Waals surface area (Å²) in [4.78, 5) is 26.3. The summed E-state index contributed by atoms with van der Waals surface area (Å²) in [6.45, 7) is 16.3. The molecule has 4 fully saturated rings. The van der Waals surface area contributed by atoms with Gasteiger partial charge in [0.15, 0.2) is 5.78 Å². The Bertz CT molecular complexity index is 976. The molecule has 4 saturated carbocycles. The van der Waals surface area contributed by atoms with E-state index < -0.39 is 5.97 Å². The Morgan fingerprint density at radius 1 is 0.943 bits per heavy atom. The Balaban J connectivity index is 1.63. The van der Waals surface area contributed by atoms with Crippen molar-refractivity contribution in [3.63, 3.8) is 0 Å². The van der Waals surface area contributed by atoms with Gasteiger partial charge in [-0.1, -0.05) is 54.0 Å². The van der Waals surface area contributed by atoms with Gasteiger partial charge < -0.3 is 10.2 Å². The van der Waals surface area contributed by atoms with Gasteiger partial charge in [-0.2, -0.15) is 0 Å². The first-order valence-electron chi connectivity index (χ1n) is 14.2. The van der Waals surface area contributed by atoms with E-state index in [2.05, 4.69) is 48.5 Å². The maximum atomic E-state index is 14.3. The third-order valence-corrected chi connectivity index (χ3v) is 13.0. The first-order valence-corrected chi connectivity index (χ1v) is 14.2. The Morgan fingerprint density at radius 3 is 2.26 bits per heavy atom. The maximum absolute atomic E-state index is 14.3. The van der Waals surface area contributed by atoms with Crippen LogP contribution < -0.4 is 0 Å². The van der Waals surface area contributed by atoms with Crippen LogP contribution in [0.2, 0.25) is 0 Å². The van der Waals surface area contributed by atoms with Crippen LogP contribution in [0.3, 0.4) is 0 Å². The molecule has 5 rings (SSSR count). The standard InChI is InChI=1S/C31H48O4/c1-26(2)12-14-31(18-24(34)35)15-13-29(6)19(20(31)17-26)16-21(32)25-28(5)10-9-23(33)27(3,4)22(28)8-11-30(25,29)7/h16,20,22-23,25,33H,8-15,17-18H2,1-7H3,(H,34,35)/t20-,22-,23-,25+,28-,29+,30+,31+/m0/s1. The van der Waals surface area contributed by atoms with Crippen LogP contribution >= 0.6 is 0 Å². The van der Waals surface area contributed by atoms with E-state index in [1.165, 1.54) is 5.57 Å². The molecule has 0 amide bonds. The van der Waals surface area contributed by atoms with Gasteiger partial charge in [0.25, 0.3) is 0 Å². The van der Waals surface area contributed by atoms with Crippen LogP contribution in [-0.2, 0) is 9.59 Å². The molecule has 0 aromatic rings. The largest absolute Gasteiger partial charge is 0.481 e. The number of hydrogen-bond acceptors (Lipinski definition) is 3. The number of carbonyl (C=O) groups is 2. The van der Waals surface area contributed by atoms with Crippen molar-refractivity contribution in [2.45, 2.75) is 119 Å². The van der Waals surface area contributed by atoms with Crippen LogP contribution in [0.15, 0.2) is 11.6 Å². The molecule has 0 heterocycles. The Kier molecular flexibility index (Phi) is 5.43. The summed E-state index contributed by atoms with van der Waals surface area (Å²) < 4.78 is 0. The summed E-state index contributed by atoms with van der Waals surface area (Å²) in [5.74, 6) is 0.0773. The zero-order chi connectivity index (χ0) is 25.8. The second kappa shape index (κ2) is 7.45. The predicted molar refractivity (Wildman–Crippen MR) is 138 cm³/mol. The third kappa shape index (κ3) is 3.26.